The van der Waals surface area contributed by atoms with Gasteiger partial charge in [0.05, 0.1) is 12.1 Å². The molecule has 0 saturated carbocycles. The number of aromatic nitrogens is 1. The van der Waals surface area contributed by atoms with Crippen LogP contribution in [0.15, 0.2) is 18.3 Å². The predicted octanol–water partition coefficient (Wildman–Crippen LogP) is 1.76. The number of hydrogen-bond acceptors (Lipinski definition) is 4. The molecule has 0 fully saturated rings. The van der Waals surface area contributed by atoms with Crippen LogP contribution in [0.2, 0.25) is 5.02 Å². The second-order valence-electron chi connectivity index (χ2n) is 3.66. The minimum absolute atomic E-state index is 0.0759. The van der Waals surface area contributed by atoms with Gasteiger partial charge in [-0.3, -0.25) is 9.59 Å². The van der Waals surface area contributed by atoms with E-state index in [0.29, 0.717) is 11.6 Å². The summed E-state index contributed by atoms with van der Waals surface area (Å²) in [5.41, 5.74) is 0.261. The van der Waals surface area contributed by atoms with Gasteiger partial charge in [-0.15, -0.1) is 0 Å². The van der Waals surface area contributed by atoms with Crippen LogP contribution < -0.4 is 0 Å². The van der Waals surface area contributed by atoms with Crippen molar-refractivity contribution < 1.29 is 14.3 Å². The second kappa shape index (κ2) is 6.96. The Balaban J connectivity index is 2.81. The average molecular weight is 271 g/mol. The number of halogens is 1. The summed E-state index contributed by atoms with van der Waals surface area (Å²) in [5, 5.41) is 0.460. The Morgan fingerprint density at radius 3 is 2.67 bits per heavy atom. The van der Waals surface area contributed by atoms with E-state index in [1.807, 2.05) is 6.92 Å². The largest absolute Gasteiger partial charge is 0.468 e. The number of carbonyl (C=O) groups excluding carboxylic acids is 2. The first-order valence-corrected chi connectivity index (χ1v) is 5.94. The molecule has 0 radical (unpaired) electrons. The van der Waals surface area contributed by atoms with E-state index < -0.39 is 5.97 Å². The lowest BCUT2D eigenvalue weighted by Gasteiger charge is -2.20. The molecular weight excluding hydrogens is 256 g/mol. The third-order valence-corrected chi connectivity index (χ3v) is 2.50. The molecule has 1 aromatic rings. The minimum atomic E-state index is -0.453. The van der Waals surface area contributed by atoms with Gasteiger partial charge in [-0.25, -0.2) is 4.98 Å². The first kappa shape index (κ1) is 14.4. The summed E-state index contributed by atoms with van der Waals surface area (Å²) in [4.78, 5) is 28.7. The van der Waals surface area contributed by atoms with Crippen LogP contribution in [0.5, 0.6) is 0 Å². The zero-order valence-corrected chi connectivity index (χ0v) is 11.1. The van der Waals surface area contributed by atoms with Gasteiger partial charge in [-0.2, -0.15) is 0 Å². The summed E-state index contributed by atoms with van der Waals surface area (Å²) in [6.45, 7) is 2.32. The monoisotopic (exact) mass is 270 g/mol. The lowest BCUT2D eigenvalue weighted by atomic mass is 10.3. The minimum Gasteiger partial charge on any atom is -0.468 e. The van der Waals surface area contributed by atoms with Crippen LogP contribution in [0.4, 0.5) is 0 Å². The highest BCUT2D eigenvalue weighted by Gasteiger charge is 2.19. The number of methoxy groups -OCH3 is 1. The quantitative estimate of drug-likeness (QED) is 0.765. The molecule has 0 aliphatic carbocycles. The summed E-state index contributed by atoms with van der Waals surface area (Å²) < 4.78 is 4.56. The molecule has 18 heavy (non-hydrogen) atoms. The molecule has 1 amide bonds. The Morgan fingerprint density at radius 1 is 1.44 bits per heavy atom. The molecule has 1 heterocycles. The van der Waals surface area contributed by atoms with E-state index in [2.05, 4.69) is 9.72 Å². The van der Waals surface area contributed by atoms with Crippen LogP contribution in [0.1, 0.15) is 23.8 Å². The summed E-state index contributed by atoms with van der Waals surface area (Å²) in [6.07, 6.45) is 2.15. The summed E-state index contributed by atoms with van der Waals surface area (Å²) in [6, 6.07) is 3.12. The van der Waals surface area contributed by atoms with Gasteiger partial charge in [-0.1, -0.05) is 18.5 Å². The highest BCUT2D eigenvalue weighted by atomic mass is 35.5. The number of esters is 1. The molecule has 0 spiro atoms. The van der Waals surface area contributed by atoms with E-state index in [9.17, 15) is 9.59 Å². The predicted molar refractivity (Wildman–Crippen MR) is 67.5 cm³/mol. The number of nitrogens with zero attached hydrogens (tertiary/aromatic N) is 2. The fraction of sp³-hybridized carbons (Fsp3) is 0.417. The van der Waals surface area contributed by atoms with Crippen molar-refractivity contribution in [2.45, 2.75) is 13.3 Å². The molecule has 6 heteroatoms. The van der Waals surface area contributed by atoms with Crippen LogP contribution in [0.25, 0.3) is 0 Å². The maximum atomic E-state index is 12.1. The smallest absolute Gasteiger partial charge is 0.325 e. The fourth-order valence-electron chi connectivity index (χ4n) is 1.41. The van der Waals surface area contributed by atoms with Gasteiger partial charge in [0.1, 0.15) is 12.2 Å². The molecule has 0 saturated heterocycles. The molecule has 0 atom stereocenters. The molecule has 0 unspecified atom stereocenters. The highest BCUT2D eigenvalue weighted by Crippen LogP contribution is 2.08. The Bertz CT molecular complexity index is 420. The lowest BCUT2D eigenvalue weighted by molar-refractivity contribution is -0.141. The zero-order chi connectivity index (χ0) is 13.5. The third kappa shape index (κ3) is 4.00. The SMILES string of the molecule is CCCN(CC(=O)OC)C(=O)c1ccc(Cl)cn1. The fourth-order valence-corrected chi connectivity index (χ4v) is 1.52. The Morgan fingerprint density at radius 2 is 2.17 bits per heavy atom. The topological polar surface area (TPSA) is 59.5 Å². The van der Waals surface area contributed by atoms with Crippen molar-refractivity contribution in [1.82, 2.24) is 9.88 Å². The Kier molecular flexibility index (Phi) is 5.58. The van der Waals surface area contributed by atoms with Crippen LogP contribution in [0.3, 0.4) is 0 Å². The van der Waals surface area contributed by atoms with Crippen LogP contribution in [0, 0.1) is 0 Å². The molecule has 0 aliphatic rings. The number of amides is 1. The first-order valence-electron chi connectivity index (χ1n) is 5.56. The number of pyridine rings is 1. The number of hydrogen-bond donors (Lipinski definition) is 0. The van der Waals surface area contributed by atoms with Crippen molar-refractivity contribution in [3.63, 3.8) is 0 Å². The second-order valence-corrected chi connectivity index (χ2v) is 4.10. The summed E-state index contributed by atoms with van der Waals surface area (Å²) in [5.74, 6) is -0.760. The molecular formula is C12H15ClN2O3. The Hall–Kier alpha value is -1.62. The maximum absolute atomic E-state index is 12.1. The number of ether oxygens (including phenoxy) is 1. The first-order chi connectivity index (χ1) is 8.58. The van der Waals surface area contributed by atoms with Crippen molar-refractivity contribution >= 4 is 23.5 Å². The van der Waals surface area contributed by atoms with E-state index in [-0.39, 0.29) is 18.1 Å². The molecule has 0 bridgehead atoms. The maximum Gasteiger partial charge on any atom is 0.325 e. The molecule has 0 aromatic carbocycles. The zero-order valence-electron chi connectivity index (χ0n) is 10.4. The number of rotatable bonds is 5. The van der Waals surface area contributed by atoms with E-state index in [4.69, 9.17) is 11.6 Å². The van der Waals surface area contributed by atoms with Crippen molar-refractivity contribution in [2.24, 2.45) is 0 Å². The van der Waals surface area contributed by atoms with Gasteiger partial charge in [0.25, 0.3) is 5.91 Å². The van der Waals surface area contributed by atoms with E-state index in [1.54, 1.807) is 6.07 Å². The van der Waals surface area contributed by atoms with Crippen molar-refractivity contribution in [2.75, 3.05) is 20.2 Å². The van der Waals surface area contributed by atoms with Gasteiger partial charge in [0.15, 0.2) is 0 Å². The standard InChI is InChI=1S/C12H15ClN2O3/c1-3-6-15(8-11(16)18-2)12(17)10-5-4-9(13)7-14-10/h4-5,7H,3,6,8H2,1-2H3. The van der Waals surface area contributed by atoms with Crippen molar-refractivity contribution in [3.05, 3.63) is 29.0 Å². The highest BCUT2D eigenvalue weighted by molar-refractivity contribution is 6.30. The molecule has 0 N–H and O–H groups in total. The van der Waals surface area contributed by atoms with Crippen LogP contribution in [-0.2, 0) is 9.53 Å². The van der Waals surface area contributed by atoms with E-state index in [0.717, 1.165) is 6.42 Å². The molecule has 0 aliphatic heterocycles. The van der Waals surface area contributed by atoms with Gasteiger partial charge < -0.3 is 9.64 Å². The van der Waals surface area contributed by atoms with Crippen molar-refractivity contribution in [3.8, 4) is 0 Å². The van der Waals surface area contributed by atoms with Crippen LogP contribution in [-0.4, -0.2) is 42.0 Å². The molecule has 5 nitrogen and oxygen atoms in total. The van der Waals surface area contributed by atoms with Gasteiger partial charge in [-0.05, 0) is 18.6 Å². The molecule has 1 rings (SSSR count). The summed E-state index contributed by atoms with van der Waals surface area (Å²) in [7, 11) is 1.29. The molecule has 1 aromatic heterocycles. The summed E-state index contributed by atoms with van der Waals surface area (Å²) >= 11 is 5.70. The van der Waals surface area contributed by atoms with Gasteiger partial charge >= 0.3 is 5.97 Å². The third-order valence-electron chi connectivity index (χ3n) is 2.27. The van der Waals surface area contributed by atoms with Gasteiger partial charge in [0, 0.05) is 12.7 Å². The van der Waals surface area contributed by atoms with Crippen molar-refractivity contribution in [1.29, 1.82) is 0 Å². The van der Waals surface area contributed by atoms with E-state index >= 15 is 0 Å². The Labute approximate surface area is 111 Å². The van der Waals surface area contributed by atoms with Gasteiger partial charge in [0.2, 0.25) is 0 Å². The van der Waals surface area contributed by atoms with E-state index in [1.165, 1.54) is 24.3 Å². The molecule has 98 valence electrons. The average Bonchev–Trinajstić information content (AvgIpc) is 2.38. The van der Waals surface area contributed by atoms with Crippen LogP contribution >= 0.6 is 11.6 Å². The normalized spacial score (nSPS) is 9.94. The number of carbonyl (C=O) groups is 2. The lowest BCUT2D eigenvalue weighted by Crippen LogP contribution is -2.37.